The molecule has 0 unspecified atom stereocenters. The normalized spacial score (nSPS) is 12.0. The number of hydrogen-bond donors (Lipinski definition) is 0. The van der Waals surface area contributed by atoms with Crippen molar-refractivity contribution in [3.8, 4) is 22.3 Å². The molecule has 168 valence electrons. The van der Waals surface area contributed by atoms with E-state index in [1.54, 1.807) is 6.07 Å². The van der Waals surface area contributed by atoms with Gasteiger partial charge < -0.3 is 0 Å². The van der Waals surface area contributed by atoms with Crippen molar-refractivity contribution in [2.45, 2.75) is 38.8 Å². The van der Waals surface area contributed by atoms with E-state index in [1.165, 1.54) is 17.7 Å². The lowest BCUT2D eigenvalue weighted by Gasteiger charge is -2.10. The van der Waals surface area contributed by atoms with E-state index in [2.05, 4.69) is 6.92 Å². The maximum atomic E-state index is 14.8. The Kier molecular flexibility index (Phi) is 7.44. The molecule has 0 aliphatic rings. The second-order valence-corrected chi connectivity index (χ2v) is 7.58. The van der Waals surface area contributed by atoms with Crippen LogP contribution < -0.4 is 0 Å². The maximum absolute atomic E-state index is 14.8. The number of rotatable bonds is 7. The summed E-state index contributed by atoms with van der Waals surface area (Å²) < 4.78 is 80.1. The van der Waals surface area contributed by atoms with Crippen molar-refractivity contribution in [1.29, 1.82) is 0 Å². The van der Waals surface area contributed by atoms with Crippen molar-refractivity contribution in [2.24, 2.45) is 0 Å². The van der Waals surface area contributed by atoms with Crippen molar-refractivity contribution >= 4 is 6.08 Å². The van der Waals surface area contributed by atoms with Crippen molar-refractivity contribution in [2.75, 3.05) is 0 Å². The smallest absolute Gasteiger partial charge is 0.206 e. The highest BCUT2D eigenvalue weighted by atomic mass is 19.4. The van der Waals surface area contributed by atoms with Gasteiger partial charge in [-0.05, 0) is 59.4 Å². The Morgan fingerprint density at radius 2 is 1.31 bits per heavy atom. The van der Waals surface area contributed by atoms with Crippen LogP contribution in [0, 0.1) is 17.5 Å². The highest BCUT2D eigenvalue weighted by molar-refractivity contribution is 5.72. The second-order valence-electron chi connectivity index (χ2n) is 7.58. The molecule has 0 saturated carbocycles. The number of allylic oxidation sites excluding steroid dienone is 1. The van der Waals surface area contributed by atoms with Gasteiger partial charge >= 0.3 is 6.18 Å². The summed E-state index contributed by atoms with van der Waals surface area (Å²) in [4.78, 5) is 0. The van der Waals surface area contributed by atoms with Crippen LogP contribution in [0.15, 0.2) is 60.7 Å². The molecule has 3 aromatic rings. The summed E-state index contributed by atoms with van der Waals surface area (Å²) in [5.74, 6) is -3.10. The van der Waals surface area contributed by atoms with Crippen LogP contribution in [0.2, 0.25) is 0 Å². The zero-order valence-corrected chi connectivity index (χ0v) is 17.4. The van der Waals surface area contributed by atoms with Gasteiger partial charge in [0.1, 0.15) is 17.5 Å². The molecule has 0 fully saturated rings. The third-order valence-electron chi connectivity index (χ3n) is 5.15. The number of aryl methyl sites for hydroxylation is 1. The van der Waals surface area contributed by atoms with E-state index in [9.17, 15) is 26.3 Å². The standard InChI is InChI=1S/C26H22F6/c1-2-3-4-5-17-6-8-18(9-7-17)19-10-11-21(23(27)14-19)20-15-24(28)22(25(29)16-20)12-13-26(30,31)32/h6-16H,2-5H2,1H3. The van der Waals surface area contributed by atoms with Gasteiger partial charge in [-0.25, -0.2) is 13.2 Å². The highest BCUT2D eigenvalue weighted by Crippen LogP contribution is 2.31. The van der Waals surface area contributed by atoms with Gasteiger partial charge in [-0.15, -0.1) is 0 Å². The molecule has 6 heteroatoms. The van der Waals surface area contributed by atoms with Crippen LogP contribution in [0.1, 0.15) is 37.3 Å². The first-order chi connectivity index (χ1) is 15.2. The van der Waals surface area contributed by atoms with Crippen molar-refractivity contribution < 1.29 is 26.3 Å². The summed E-state index contributed by atoms with van der Waals surface area (Å²) in [7, 11) is 0. The molecule has 0 radical (unpaired) electrons. The van der Waals surface area contributed by atoms with E-state index in [-0.39, 0.29) is 17.2 Å². The molecule has 3 rings (SSSR count). The third kappa shape index (κ3) is 6.02. The summed E-state index contributed by atoms with van der Waals surface area (Å²) in [6.45, 7) is 2.14. The third-order valence-corrected chi connectivity index (χ3v) is 5.15. The molecule has 0 bridgehead atoms. The van der Waals surface area contributed by atoms with Gasteiger partial charge in [-0.3, -0.25) is 0 Å². The number of benzene rings is 3. The van der Waals surface area contributed by atoms with E-state index in [4.69, 9.17) is 0 Å². The lowest BCUT2D eigenvalue weighted by Crippen LogP contribution is -2.01. The average molecular weight is 448 g/mol. The Morgan fingerprint density at radius 1 is 0.719 bits per heavy atom. The molecule has 0 atom stereocenters. The molecule has 0 aliphatic heterocycles. The van der Waals surface area contributed by atoms with E-state index in [0.29, 0.717) is 11.6 Å². The van der Waals surface area contributed by atoms with Crippen molar-refractivity contribution in [3.05, 3.63) is 89.3 Å². The maximum Gasteiger partial charge on any atom is 0.409 e. The predicted molar refractivity (Wildman–Crippen MR) is 116 cm³/mol. The van der Waals surface area contributed by atoms with Gasteiger partial charge in [-0.1, -0.05) is 56.2 Å². The quantitative estimate of drug-likeness (QED) is 0.250. The second kappa shape index (κ2) is 10.1. The van der Waals surface area contributed by atoms with Gasteiger partial charge in [0.15, 0.2) is 0 Å². The zero-order chi connectivity index (χ0) is 23.3. The summed E-state index contributed by atoms with van der Waals surface area (Å²) >= 11 is 0. The summed E-state index contributed by atoms with van der Waals surface area (Å²) in [5.41, 5.74) is 1.64. The average Bonchev–Trinajstić information content (AvgIpc) is 2.73. The van der Waals surface area contributed by atoms with Gasteiger partial charge in [0.25, 0.3) is 0 Å². The molecule has 0 heterocycles. The molecule has 32 heavy (non-hydrogen) atoms. The molecular weight excluding hydrogens is 426 g/mol. The molecule has 0 spiro atoms. The first-order valence-electron chi connectivity index (χ1n) is 10.3. The first kappa shape index (κ1) is 23.6. The molecule has 0 saturated heterocycles. The van der Waals surface area contributed by atoms with Crippen LogP contribution in [0.5, 0.6) is 0 Å². The highest BCUT2D eigenvalue weighted by Gasteiger charge is 2.23. The van der Waals surface area contributed by atoms with Gasteiger partial charge in [-0.2, -0.15) is 13.2 Å². The van der Waals surface area contributed by atoms with Crippen LogP contribution in [0.25, 0.3) is 28.3 Å². The Balaban J connectivity index is 1.84. The van der Waals surface area contributed by atoms with Crippen LogP contribution >= 0.6 is 0 Å². The lowest BCUT2D eigenvalue weighted by atomic mass is 9.97. The molecule has 0 nitrogen and oxygen atoms in total. The summed E-state index contributed by atoms with van der Waals surface area (Å²) in [6, 6.07) is 13.7. The van der Waals surface area contributed by atoms with Crippen LogP contribution in [-0.2, 0) is 6.42 Å². The summed E-state index contributed by atoms with van der Waals surface area (Å²) in [6.07, 6.45) is -0.241. The van der Waals surface area contributed by atoms with Crippen LogP contribution in [0.4, 0.5) is 26.3 Å². The SMILES string of the molecule is CCCCCc1ccc(-c2ccc(-c3cc(F)c(C=CC(F)(F)F)c(F)c3)c(F)c2)cc1. The number of hydrogen-bond acceptors (Lipinski definition) is 0. The largest absolute Gasteiger partial charge is 0.409 e. The van der Waals surface area contributed by atoms with Crippen LogP contribution in [-0.4, -0.2) is 6.18 Å². The Bertz CT molecular complexity index is 1070. The van der Waals surface area contributed by atoms with Crippen molar-refractivity contribution in [1.82, 2.24) is 0 Å². The molecule has 0 N–H and O–H groups in total. The van der Waals surface area contributed by atoms with E-state index in [0.717, 1.165) is 43.4 Å². The van der Waals surface area contributed by atoms with Gasteiger partial charge in [0.2, 0.25) is 0 Å². The molecule has 0 aromatic heterocycles. The number of alkyl halides is 3. The molecule has 0 amide bonds. The monoisotopic (exact) mass is 448 g/mol. The summed E-state index contributed by atoms with van der Waals surface area (Å²) in [5, 5.41) is 0. The van der Waals surface area contributed by atoms with Crippen LogP contribution in [0.3, 0.4) is 0 Å². The molecular formula is C26H22F6. The van der Waals surface area contributed by atoms with E-state index in [1.807, 2.05) is 24.3 Å². The molecule has 0 aliphatic carbocycles. The number of unbranched alkanes of at least 4 members (excludes halogenated alkanes) is 2. The fourth-order valence-electron chi connectivity index (χ4n) is 3.45. The Labute approximate surface area is 183 Å². The minimum absolute atomic E-state index is 0.0471. The Hall–Kier alpha value is -3.02. The lowest BCUT2D eigenvalue weighted by molar-refractivity contribution is -0.0790. The van der Waals surface area contributed by atoms with E-state index >= 15 is 0 Å². The zero-order valence-electron chi connectivity index (χ0n) is 17.4. The minimum atomic E-state index is -4.70. The van der Waals surface area contributed by atoms with Crippen molar-refractivity contribution in [3.63, 3.8) is 0 Å². The van der Waals surface area contributed by atoms with Gasteiger partial charge in [0.05, 0.1) is 0 Å². The first-order valence-corrected chi connectivity index (χ1v) is 10.3. The van der Waals surface area contributed by atoms with E-state index < -0.39 is 29.2 Å². The predicted octanol–water partition coefficient (Wildman–Crippen LogP) is 8.75. The fourth-order valence-corrected chi connectivity index (χ4v) is 3.45. The fraction of sp³-hybridized carbons (Fsp3) is 0.231. The Morgan fingerprint density at radius 3 is 1.88 bits per heavy atom. The molecule has 3 aromatic carbocycles. The minimum Gasteiger partial charge on any atom is -0.206 e. The number of halogens is 6. The topological polar surface area (TPSA) is 0 Å². The van der Waals surface area contributed by atoms with Gasteiger partial charge in [0, 0.05) is 17.2 Å².